The zero-order chi connectivity index (χ0) is 24.6. The first kappa shape index (κ1) is 24.5. The third-order valence-corrected chi connectivity index (χ3v) is 5.57. The molecular weight excluding hydrogens is 460 g/mol. The molecule has 1 saturated heterocycles. The van der Waals surface area contributed by atoms with E-state index in [-0.39, 0.29) is 24.0 Å². The molecule has 1 fully saturated rings. The van der Waals surface area contributed by atoms with E-state index in [4.69, 9.17) is 14.2 Å². The van der Waals surface area contributed by atoms with Gasteiger partial charge in [0, 0.05) is 37.8 Å². The fraction of sp³-hybridized carbons (Fsp3) is 0.360. The maximum absolute atomic E-state index is 12.9. The highest BCUT2D eigenvalue weighted by Gasteiger charge is 2.17. The van der Waals surface area contributed by atoms with Gasteiger partial charge in [-0.15, -0.1) is 0 Å². The fourth-order valence-electron chi connectivity index (χ4n) is 3.68. The Hall–Kier alpha value is -3.66. The van der Waals surface area contributed by atoms with Crippen molar-refractivity contribution in [3.63, 3.8) is 0 Å². The van der Waals surface area contributed by atoms with Gasteiger partial charge in [0.2, 0.25) is 5.91 Å². The van der Waals surface area contributed by atoms with Crippen LogP contribution in [-0.4, -0.2) is 60.6 Å². The lowest BCUT2D eigenvalue weighted by atomic mass is 10.1. The van der Waals surface area contributed by atoms with Gasteiger partial charge in [-0.05, 0) is 42.0 Å². The molecule has 186 valence electrons. The number of aryl methyl sites for hydroxylation is 1. The molecule has 2 heterocycles. The van der Waals surface area contributed by atoms with Gasteiger partial charge in [-0.25, -0.2) is 0 Å². The van der Waals surface area contributed by atoms with Crippen molar-refractivity contribution in [2.45, 2.75) is 26.2 Å². The number of nitrogens with zero attached hydrogens (tertiary/aromatic N) is 3. The number of halogens is 2. The van der Waals surface area contributed by atoms with E-state index in [2.05, 4.69) is 9.84 Å². The van der Waals surface area contributed by atoms with E-state index in [1.165, 1.54) is 6.07 Å². The lowest BCUT2D eigenvalue weighted by molar-refractivity contribution is -0.135. The monoisotopic (exact) mass is 487 g/mol. The van der Waals surface area contributed by atoms with E-state index in [1.807, 2.05) is 12.1 Å². The maximum Gasteiger partial charge on any atom is 0.387 e. The lowest BCUT2D eigenvalue weighted by Gasteiger charge is -2.26. The number of amides is 1. The first-order valence-electron chi connectivity index (χ1n) is 11.3. The zero-order valence-corrected chi connectivity index (χ0v) is 19.4. The minimum atomic E-state index is -2.98. The van der Waals surface area contributed by atoms with Gasteiger partial charge >= 0.3 is 6.61 Å². The van der Waals surface area contributed by atoms with Crippen LogP contribution in [0.25, 0.3) is 11.3 Å². The molecule has 1 aliphatic heterocycles. The summed E-state index contributed by atoms with van der Waals surface area (Å²) in [6.45, 7) is -0.0513. The zero-order valence-electron chi connectivity index (χ0n) is 19.4. The number of carbonyl (C=O) groups is 1. The van der Waals surface area contributed by atoms with Crippen LogP contribution in [0, 0.1) is 0 Å². The SMILES string of the molecule is COc1ccc(COc2cc(-c3ccn(CCC(=O)N4CCOCC4)n3)ccc2OC(F)F)cc1. The summed E-state index contributed by atoms with van der Waals surface area (Å²) in [5.74, 6) is 0.885. The van der Waals surface area contributed by atoms with E-state index < -0.39 is 6.61 Å². The number of benzene rings is 2. The molecule has 0 aliphatic carbocycles. The van der Waals surface area contributed by atoms with Gasteiger partial charge in [-0.1, -0.05) is 12.1 Å². The van der Waals surface area contributed by atoms with Crippen molar-refractivity contribution in [2.75, 3.05) is 33.4 Å². The molecule has 35 heavy (non-hydrogen) atoms. The highest BCUT2D eigenvalue weighted by Crippen LogP contribution is 2.34. The average Bonchev–Trinajstić information content (AvgIpc) is 3.36. The molecule has 0 unspecified atom stereocenters. The lowest BCUT2D eigenvalue weighted by Crippen LogP contribution is -2.40. The second-order valence-electron chi connectivity index (χ2n) is 7.88. The smallest absolute Gasteiger partial charge is 0.387 e. The number of ether oxygens (including phenoxy) is 4. The molecule has 2 aromatic carbocycles. The van der Waals surface area contributed by atoms with Gasteiger partial charge in [-0.3, -0.25) is 9.48 Å². The number of carbonyl (C=O) groups excluding carboxylic acids is 1. The van der Waals surface area contributed by atoms with Crippen LogP contribution in [0.1, 0.15) is 12.0 Å². The van der Waals surface area contributed by atoms with E-state index in [0.29, 0.717) is 56.3 Å². The van der Waals surface area contributed by atoms with Crippen LogP contribution in [0.15, 0.2) is 54.7 Å². The van der Waals surface area contributed by atoms with Crippen LogP contribution in [0.2, 0.25) is 0 Å². The molecule has 0 N–H and O–H groups in total. The number of hydrogen-bond acceptors (Lipinski definition) is 6. The van der Waals surface area contributed by atoms with Crippen molar-refractivity contribution in [3.8, 4) is 28.5 Å². The summed E-state index contributed by atoms with van der Waals surface area (Å²) in [6, 6.07) is 13.7. The van der Waals surface area contributed by atoms with Gasteiger partial charge in [0.15, 0.2) is 11.5 Å². The molecular formula is C25H27F2N3O5. The Morgan fingerprint density at radius 2 is 1.86 bits per heavy atom. The average molecular weight is 488 g/mol. The van der Waals surface area contributed by atoms with Crippen molar-refractivity contribution in [2.24, 2.45) is 0 Å². The Balaban J connectivity index is 1.44. The highest BCUT2D eigenvalue weighted by atomic mass is 19.3. The molecule has 4 rings (SSSR count). The van der Waals surface area contributed by atoms with Crippen LogP contribution in [-0.2, 0) is 22.7 Å². The number of morpholine rings is 1. The van der Waals surface area contributed by atoms with Crippen molar-refractivity contribution in [1.82, 2.24) is 14.7 Å². The summed E-state index contributed by atoms with van der Waals surface area (Å²) in [5, 5.41) is 4.53. The Labute approximate surface area is 202 Å². The number of rotatable bonds is 10. The Kier molecular flexibility index (Phi) is 8.15. The van der Waals surface area contributed by atoms with E-state index in [9.17, 15) is 13.6 Å². The van der Waals surface area contributed by atoms with E-state index in [0.717, 1.165) is 5.56 Å². The first-order valence-corrected chi connectivity index (χ1v) is 11.3. The summed E-state index contributed by atoms with van der Waals surface area (Å²) in [6.07, 6.45) is 2.11. The third kappa shape index (κ3) is 6.69. The molecule has 1 aliphatic rings. The van der Waals surface area contributed by atoms with Crippen LogP contribution in [0.4, 0.5) is 8.78 Å². The summed E-state index contributed by atoms with van der Waals surface area (Å²) < 4.78 is 48.4. The maximum atomic E-state index is 12.9. The van der Waals surface area contributed by atoms with Gasteiger partial charge in [-0.2, -0.15) is 13.9 Å². The molecule has 0 atom stereocenters. The predicted molar refractivity (Wildman–Crippen MR) is 124 cm³/mol. The summed E-state index contributed by atoms with van der Waals surface area (Å²) >= 11 is 0. The van der Waals surface area contributed by atoms with Crippen molar-refractivity contribution in [1.29, 1.82) is 0 Å². The number of methoxy groups -OCH3 is 1. The normalized spacial score (nSPS) is 13.7. The highest BCUT2D eigenvalue weighted by molar-refractivity contribution is 5.76. The number of aromatic nitrogens is 2. The minimum Gasteiger partial charge on any atom is -0.497 e. The Morgan fingerprint density at radius 3 is 2.57 bits per heavy atom. The van der Waals surface area contributed by atoms with Crippen LogP contribution >= 0.6 is 0 Å². The molecule has 1 amide bonds. The predicted octanol–water partition coefficient (Wildman–Crippen LogP) is 3.99. The van der Waals surface area contributed by atoms with Crippen molar-refractivity contribution in [3.05, 3.63) is 60.3 Å². The van der Waals surface area contributed by atoms with E-state index in [1.54, 1.807) is 53.2 Å². The Bertz CT molecular complexity index is 1110. The topological polar surface area (TPSA) is 75.1 Å². The molecule has 0 spiro atoms. The van der Waals surface area contributed by atoms with Crippen molar-refractivity contribution < 1.29 is 32.5 Å². The molecule has 0 bridgehead atoms. The van der Waals surface area contributed by atoms with E-state index >= 15 is 0 Å². The Morgan fingerprint density at radius 1 is 1.09 bits per heavy atom. The molecule has 8 nitrogen and oxygen atoms in total. The summed E-state index contributed by atoms with van der Waals surface area (Å²) in [4.78, 5) is 14.2. The second kappa shape index (κ2) is 11.7. The third-order valence-electron chi connectivity index (χ3n) is 5.57. The quantitative estimate of drug-likeness (QED) is 0.431. The molecule has 10 heteroatoms. The van der Waals surface area contributed by atoms with Crippen LogP contribution < -0.4 is 14.2 Å². The largest absolute Gasteiger partial charge is 0.497 e. The van der Waals surface area contributed by atoms with Gasteiger partial charge < -0.3 is 23.8 Å². The van der Waals surface area contributed by atoms with Gasteiger partial charge in [0.1, 0.15) is 12.4 Å². The van der Waals surface area contributed by atoms with Crippen LogP contribution in [0.3, 0.4) is 0 Å². The standard InChI is InChI=1S/C25H27F2N3O5/c1-32-20-5-2-18(3-6-20)17-34-23-16-19(4-7-22(23)35-25(26)27)21-8-10-30(28-21)11-9-24(31)29-12-14-33-15-13-29/h2-8,10,16,25H,9,11-15,17H2,1H3. The molecule has 0 radical (unpaired) electrons. The summed E-state index contributed by atoms with van der Waals surface area (Å²) in [7, 11) is 1.58. The second-order valence-corrected chi connectivity index (χ2v) is 7.88. The minimum absolute atomic E-state index is 0.0622. The molecule has 1 aromatic heterocycles. The van der Waals surface area contributed by atoms with Crippen LogP contribution in [0.5, 0.6) is 17.2 Å². The molecule has 0 saturated carbocycles. The summed E-state index contributed by atoms with van der Waals surface area (Å²) in [5.41, 5.74) is 2.14. The number of hydrogen-bond donors (Lipinski definition) is 0. The van der Waals surface area contributed by atoms with Gasteiger partial charge in [0.25, 0.3) is 0 Å². The van der Waals surface area contributed by atoms with Gasteiger partial charge in [0.05, 0.1) is 26.0 Å². The molecule has 3 aromatic rings. The fourth-order valence-corrected chi connectivity index (χ4v) is 3.68. The first-order chi connectivity index (χ1) is 17.0. The van der Waals surface area contributed by atoms with Crippen molar-refractivity contribution >= 4 is 5.91 Å². The number of alkyl halides is 2.